The monoisotopic (exact) mass is 272 g/mol. The average molecular weight is 273 g/mol. The van der Waals surface area contributed by atoms with Crippen molar-refractivity contribution >= 4 is 17.4 Å². The number of carbonyl (C=O) groups excluding carboxylic acids is 1. The molecular formula is C17H17ClO. The number of ketones is 1. The van der Waals surface area contributed by atoms with Crippen molar-refractivity contribution in [3.8, 4) is 0 Å². The molecule has 2 aromatic carbocycles. The van der Waals surface area contributed by atoms with Gasteiger partial charge in [-0.2, -0.15) is 0 Å². The average Bonchev–Trinajstić information content (AvgIpc) is 2.41. The van der Waals surface area contributed by atoms with Crippen LogP contribution in [0, 0.1) is 6.92 Å². The van der Waals surface area contributed by atoms with Gasteiger partial charge in [-0.15, -0.1) is 0 Å². The Bertz CT molecular complexity index is 597. The van der Waals surface area contributed by atoms with Crippen LogP contribution in [-0.4, -0.2) is 5.78 Å². The quantitative estimate of drug-likeness (QED) is 0.719. The van der Waals surface area contributed by atoms with Crippen LogP contribution in [0.1, 0.15) is 46.8 Å². The van der Waals surface area contributed by atoms with E-state index in [1.807, 2.05) is 37.3 Å². The number of halogens is 1. The van der Waals surface area contributed by atoms with Crippen molar-refractivity contribution in [1.29, 1.82) is 0 Å². The number of carbonyl (C=O) groups is 1. The molecule has 0 saturated heterocycles. The molecule has 98 valence electrons. The van der Waals surface area contributed by atoms with Crippen molar-refractivity contribution in [1.82, 2.24) is 0 Å². The van der Waals surface area contributed by atoms with E-state index >= 15 is 0 Å². The van der Waals surface area contributed by atoms with Crippen molar-refractivity contribution in [2.45, 2.75) is 26.7 Å². The molecule has 0 saturated carbocycles. The van der Waals surface area contributed by atoms with Crippen LogP contribution in [-0.2, 0) is 0 Å². The lowest BCUT2D eigenvalue weighted by Crippen LogP contribution is -2.02. The molecule has 0 spiro atoms. The fraction of sp³-hybridized carbons (Fsp3) is 0.235. The Morgan fingerprint density at radius 2 is 1.58 bits per heavy atom. The highest BCUT2D eigenvalue weighted by Crippen LogP contribution is 2.20. The number of rotatable bonds is 3. The largest absolute Gasteiger partial charge is 0.289 e. The molecule has 0 aromatic heterocycles. The maximum atomic E-state index is 12.3. The van der Waals surface area contributed by atoms with Crippen molar-refractivity contribution in [2.24, 2.45) is 0 Å². The van der Waals surface area contributed by atoms with E-state index in [2.05, 4.69) is 13.8 Å². The molecule has 0 aliphatic carbocycles. The summed E-state index contributed by atoms with van der Waals surface area (Å²) >= 11 is 5.98. The second-order valence-electron chi connectivity index (χ2n) is 5.07. The summed E-state index contributed by atoms with van der Waals surface area (Å²) in [4.78, 5) is 12.3. The molecule has 2 heteroatoms. The Morgan fingerprint density at radius 1 is 1.00 bits per heavy atom. The summed E-state index contributed by atoms with van der Waals surface area (Å²) < 4.78 is 0. The fourth-order valence-corrected chi connectivity index (χ4v) is 2.09. The minimum Gasteiger partial charge on any atom is -0.289 e. The Kier molecular flexibility index (Phi) is 4.06. The van der Waals surface area contributed by atoms with Gasteiger partial charge in [0.05, 0.1) is 0 Å². The summed E-state index contributed by atoms with van der Waals surface area (Å²) in [5.74, 6) is 0.511. The number of aryl methyl sites for hydroxylation is 1. The van der Waals surface area contributed by atoms with Crippen molar-refractivity contribution in [3.63, 3.8) is 0 Å². The summed E-state index contributed by atoms with van der Waals surface area (Å²) in [5, 5.41) is 0.687. The van der Waals surface area contributed by atoms with E-state index in [9.17, 15) is 4.79 Å². The highest BCUT2D eigenvalue weighted by molar-refractivity contribution is 6.31. The first-order chi connectivity index (χ1) is 8.99. The first-order valence-corrected chi connectivity index (χ1v) is 6.77. The summed E-state index contributed by atoms with van der Waals surface area (Å²) in [7, 11) is 0. The van der Waals surface area contributed by atoms with Gasteiger partial charge in [-0.3, -0.25) is 4.79 Å². The van der Waals surface area contributed by atoms with Gasteiger partial charge in [0, 0.05) is 16.1 Å². The van der Waals surface area contributed by atoms with Crippen LogP contribution < -0.4 is 0 Å². The second kappa shape index (κ2) is 5.58. The Hall–Kier alpha value is -1.60. The summed E-state index contributed by atoms with van der Waals surface area (Å²) in [5.41, 5.74) is 3.56. The van der Waals surface area contributed by atoms with Crippen molar-refractivity contribution in [3.05, 3.63) is 69.7 Å². The first kappa shape index (κ1) is 13.8. The molecule has 0 heterocycles. The van der Waals surface area contributed by atoms with Gasteiger partial charge in [-0.1, -0.05) is 49.7 Å². The molecular weight excluding hydrogens is 256 g/mol. The van der Waals surface area contributed by atoms with Crippen molar-refractivity contribution < 1.29 is 4.79 Å². The highest BCUT2D eigenvalue weighted by atomic mass is 35.5. The molecule has 0 fully saturated rings. The van der Waals surface area contributed by atoms with E-state index in [4.69, 9.17) is 11.6 Å². The van der Waals surface area contributed by atoms with Gasteiger partial charge in [-0.05, 0) is 42.2 Å². The molecule has 0 N–H and O–H groups in total. The number of hydrogen-bond donors (Lipinski definition) is 0. The van der Waals surface area contributed by atoms with Crippen LogP contribution in [0.4, 0.5) is 0 Å². The third kappa shape index (κ3) is 3.05. The van der Waals surface area contributed by atoms with Crippen LogP contribution in [0.5, 0.6) is 0 Å². The standard InChI is InChI=1S/C17H17ClO/c1-11(2)13-4-6-14(7-5-13)17(19)15-8-9-16(18)12(3)10-15/h4-11H,1-3H3. The zero-order chi connectivity index (χ0) is 14.0. The van der Waals surface area contributed by atoms with E-state index in [0.717, 1.165) is 5.56 Å². The summed E-state index contributed by atoms with van der Waals surface area (Å²) in [6.07, 6.45) is 0. The fourth-order valence-electron chi connectivity index (χ4n) is 1.97. The van der Waals surface area contributed by atoms with Crippen LogP contribution in [0.3, 0.4) is 0 Å². The lowest BCUT2D eigenvalue weighted by molar-refractivity contribution is 0.103. The SMILES string of the molecule is Cc1cc(C(=O)c2ccc(C(C)C)cc2)ccc1Cl. The zero-order valence-corrected chi connectivity index (χ0v) is 12.2. The van der Waals surface area contributed by atoms with E-state index < -0.39 is 0 Å². The Morgan fingerprint density at radius 3 is 2.11 bits per heavy atom. The summed E-state index contributed by atoms with van der Waals surface area (Å²) in [6.45, 7) is 6.18. The lowest BCUT2D eigenvalue weighted by Gasteiger charge is -2.07. The topological polar surface area (TPSA) is 17.1 Å². The number of benzene rings is 2. The minimum atomic E-state index is 0.0371. The normalized spacial score (nSPS) is 10.8. The molecule has 0 radical (unpaired) electrons. The molecule has 0 bridgehead atoms. The predicted molar refractivity (Wildman–Crippen MR) is 80.2 cm³/mol. The van der Waals surface area contributed by atoms with Crippen LogP contribution in [0.2, 0.25) is 5.02 Å². The van der Waals surface area contributed by atoms with Gasteiger partial charge >= 0.3 is 0 Å². The second-order valence-corrected chi connectivity index (χ2v) is 5.48. The summed E-state index contributed by atoms with van der Waals surface area (Å²) in [6, 6.07) is 13.2. The molecule has 0 unspecified atom stereocenters. The van der Waals surface area contributed by atoms with E-state index in [1.165, 1.54) is 5.56 Å². The zero-order valence-electron chi connectivity index (χ0n) is 11.4. The maximum Gasteiger partial charge on any atom is 0.193 e. The Balaban J connectivity index is 2.30. The van der Waals surface area contributed by atoms with Crippen LogP contribution >= 0.6 is 11.6 Å². The molecule has 0 aliphatic rings. The van der Waals surface area contributed by atoms with Gasteiger partial charge in [-0.25, -0.2) is 0 Å². The molecule has 2 rings (SSSR count). The maximum absolute atomic E-state index is 12.3. The molecule has 0 amide bonds. The van der Waals surface area contributed by atoms with E-state index in [1.54, 1.807) is 12.1 Å². The minimum absolute atomic E-state index is 0.0371. The third-order valence-corrected chi connectivity index (χ3v) is 3.68. The Labute approximate surface area is 119 Å². The molecule has 2 aromatic rings. The molecule has 0 atom stereocenters. The van der Waals surface area contributed by atoms with E-state index in [-0.39, 0.29) is 5.78 Å². The number of hydrogen-bond acceptors (Lipinski definition) is 1. The third-order valence-electron chi connectivity index (χ3n) is 3.26. The first-order valence-electron chi connectivity index (χ1n) is 6.40. The van der Waals surface area contributed by atoms with E-state index in [0.29, 0.717) is 22.1 Å². The van der Waals surface area contributed by atoms with Gasteiger partial charge in [0.1, 0.15) is 0 Å². The molecule has 1 nitrogen and oxygen atoms in total. The van der Waals surface area contributed by atoms with Gasteiger partial charge in [0.25, 0.3) is 0 Å². The van der Waals surface area contributed by atoms with Crippen LogP contribution in [0.25, 0.3) is 0 Å². The molecule has 0 aliphatic heterocycles. The van der Waals surface area contributed by atoms with Gasteiger partial charge in [0.15, 0.2) is 5.78 Å². The van der Waals surface area contributed by atoms with Crippen LogP contribution in [0.15, 0.2) is 42.5 Å². The van der Waals surface area contributed by atoms with Gasteiger partial charge < -0.3 is 0 Å². The lowest BCUT2D eigenvalue weighted by atomic mass is 9.97. The smallest absolute Gasteiger partial charge is 0.193 e. The molecule has 19 heavy (non-hydrogen) atoms. The van der Waals surface area contributed by atoms with Gasteiger partial charge in [0.2, 0.25) is 0 Å². The predicted octanol–water partition coefficient (Wildman–Crippen LogP) is 5.00. The van der Waals surface area contributed by atoms with Crippen molar-refractivity contribution in [2.75, 3.05) is 0 Å². The highest BCUT2D eigenvalue weighted by Gasteiger charge is 2.10.